The third-order valence-corrected chi connectivity index (χ3v) is 4.19. The van der Waals surface area contributed by atoms with Crippen LogP contribution in [0.15, 0.2) is 12.3 Å². The van der Waals surface area contributed by atoms with Crippen LogP contribution in [0.4, 0.5) is 19.0 Å². The molecule has 1 N–H and O–H groups in total. The number of halogens is 4. The van der Waals surface area contributed by atoms with E-state index >= 15 is 0 Å². The molecule has 1 atom stereocenters. The largest absolute Gasteiger partial charge is 0.417 e. The molecule has 1 unspecified atom stereocenters. The predicted molar refractivity (Wildman–Crippen MR) is 90.0 cm³/mol. The average Bonchev–Trinajstić information content (AvgIpc) is 2.53. The highest BCUT2D eigenvalue weighted by Crippen LogP contribution is 2.33. The van der Waals surface area contributed by atoms with Crippen LogP contribution in [-0.2, 0) is 10.9 Å². The summed E-state index contributed by atoms with van der Waals surface area (Å²) in [7, 11) is 0. The maximum atomic E-state index is 12.7. The van der Waals surface area contributed by atoms with Crippen molar-refractivity contribution in [3.05, 3.63) is 22.8 Å². The Morgan fingerprint density at radius 1 is 1.28 bits per heavy atom. The van der Waals surface area contributed by atoms with Crippen LogP contribution in [0.1, 0.15) is 19.4 Å². The molecule has 2 rings (SSSR count). The highest BCUT2D eigenvalue weighted by atomic mass is 35.5. The number of rotatable bonds is 6. The van der Waals surface area contributed by atoms with E-state index in [1.54, 1.807) is 0 Å². The first-order valence-electron chi connectivity index (χ1n) is 8.16. The Morgan fingerprint density at radius 3 is 2.44 bits per heavy atom. The average molecular weight is 382 g/mol. The molecule has 25 heavy (non-hydrogen) atoms. The molecule has 0 aromatic carbocycles. The number of hydrogen-bond donors (Lipinski definition) is 1. The van der Waals surface area contributed by atoms with Crippen molar-refractivity contribution in [1.29, 1.82) is 0 Å². The summed E-state index contributed by atoms with van der Waals surface area (Å²) < 4.78 is 43.4. The maximum absolute atomic E-state index is 12.7. The molecule has 1 aliphatic rings. The molecule has 1 aliphatic heterocycles. The number of alkyl halides is 3. The SMILES string of the molecule is CC(C)OCC(O)CN1CCN(c2ncc(C(F)(F)F)cc2Cl)CC1. The third-order valence-electron chi connectivity index (χ3n) is 3.91. The molecule has 5 nitrogen and oxygen atoms in total. The molecule has 1 fully saturated rings. The summed E-state index contributed by atoms with van der Waals surface area (Å²) in [5.41, 5.74) is -0.854. The molecule has 0 bridgehead atoms. The molecule has 1 aromatic heterocycles. The molecule has 0 aliphatic carbocycles. The molecule has 142 valence electrons. The second-order valence-electron chi connectivity index (χ2n) is 6.35. The molecular weight excluding hydrogens is 359 g/mol. The topological polar surface area (TPSA) is 48.8 Å². The highest BCUT2D eigenvalue weighted by Gasteiger charge is 2.32. The third kappa shape index (κ3) is 5.99. The monoisotopic (exact) mass is 381 g/mol. The summed E-state index contributed by atoms with van der Waals surface area (Å²) in [5, 5.41) is 9.96. The Balaban J connectivity index is 1.88. The second kappa shape index (κ2) is 8.53. The standard InChI is InChI=1S/C16H23ClF3N3O2/c1-11(2)25-10-13(24)9-22-3-5-23(6-4-22)15-14(17)7-12(8-21-15)16(18,19)20/h7-8,11,13,24H,3-6,9-10H2,1-2H3. The second-order valence-corrected chi connectivity index (χ2v) is 6.76. The van der Waals surface area contributed by atoms with Crippen LogP contribution in [0.5, 0.6) is 0 Å². The lowest BCUT2D eigenvalue weighted by Gasteiger charge is -2.36. The summed E-state index contributed by atoms with van der Waals surface area (Å²) >= 11 is 5.99. The summed E-state index contributed by atoms with van der Waals surface area (Å²) in [6.45, 7) is 7.08. The molecule has 1 saturated heterocycles. The zero-order valence-electron chi connectivity index (χ0n) is 14.3. The van der Waals surface area contributed by atoms with Gasteiger partial charge in [-0.1, -0.05) is 11.6 Å². The maximum Gasteiger partial charge on any atom is 0.417 e. The highest BCUT2D eigenvalue weighted by molar-refractivity contribution is 6.33. The lowest BCUT2D eigenvalue weighted by molar-refractivity contribution is -0.137. The zero-order valence-corrected chi connectivity index (χ0v) is 15.0. The quantitative estimate of drug-likeness (QED) is 0.821. The fourth-order valence-electron chi connectivity index (χ4n) is 2.61. The summed E-state index contributed by atoms with van der Waals surface area (Å²) in [6.07, 6.45) is -4.15. The van der Waals surface area contributed by atoms with Crippen LogP contribution in [-0.4, -0.2) is 66.5 Å². The van der Waals surface area contributed by atoms with Crippen molar-refractivity contribution in [3.63, 3.8) is 0 Å². The van der Waals surface area contributed by atoms with Gasteiger partial charge in [0.05, 0.1) is 29.4 Å². The lowest BCUT2D eigenvalue weighted by atomic mass is 10.2. The number of pyridine rings is 1. The van der Waals surface area contributed by atoms with Crippen LogP contribution in [0.2, 0.25) is 5.02 Å². The van der Waals surface area contributed by atoms with Gasteiger partial charge in [-0.05, 0) is 19.9 Å². The molecule has 0 saturated carbocycles. The number of aromatic nitrogens is 1. The molecule has 0 radical (unpaired) electrons. The van der Waals surface area contributed by atoms with Gasteiger partial charge < -0.3 is 14.7 Å². The molecule has 2 heterocycles. The zero-order chi connectivity index (χ0) is 18.6. The van der Waals surface area contributed by atoms with Gasteiger partial charge in [-0.2, -0.15) is 13.2 Å². The van der Waals surface area contributed by atoms with Crippen LogP contribution >= 0.6 is 11.6 Å². The van der Waals surface area contributed by atoms with Gasteiger partial charge in [0.2, 0.25) is 0 Å². The number of ether oxygens (including phenoxy) is 1. The van der Waals surface area contributed by atoms with E-state index in [0.29, 0.717) is 38.5 Å². The Hall–Kier alpha value is -1.09. The van der Waals surface area contributed by atoms with E-state index in [2.05, 4.69) is 9.88 Å². The first kappa shape index (κ1) is 20.2. The molecule has 1 aromatic rings. The van der Waals surface area contributed by atoms with Crippen molar-refractivity contribution in [2.75, 3.05) is 44.2 Å². The van der Waals surface area contributed by atoms with E-state index in [9.17, 15) is 18.3 Å². The van der Waals surface area contributed by atoms with Gasteiger partial charge in [0.1, 0.15) is 5.82 Å². The van der Waals surface area contributed by atoms with E-state index in [4.69, 9.17) is 16.3 Å². The van der Waals surface area contributed by atoms with Gasteiger partial charge in [0.25, 0.3) is 0 Å². The van der Waals surface area contributed by atoms with Gasteiger partial charge in [0, 0.05) is 38.9 Å². The number of piperazine rings is 1. The molecular formula is C16H23ClF3N3O2. The van der Waals surface area contributed by atoms with E-state index in [0.717, 1.165) is 12.3 Å². The summed E-state index contributed by atoms with van der Waals surface area (Å²) in [5.74, 6) is 0.359. The van der Waals surface area contributed by atoms with E-state index < -0.39 is 17.8 Å². The fourth-order valence-corrected chi connectivity index (χ4v) is 2.90. The van der Waals surface area contributed by atoms with Crippen molar-refractivity contribution >= 4 is 17.4 Å². The lowest BCUT2D eigenvalue weighted by Crippen LogP contribution is -2.49. The Kier molecular flexibility index (Phi) is 6.90. The number of β-amino-alcohol motifs (C(OH)–C–C–N with tert-alkyl or cyclic N) is 1. The van der Waals surface area contributed by atoms with Crippen molar-refractivity contribution in [2.24, 2.45) is 0 Å². The summed E-state index contributed by atoms with van der Waals surface area (Å²) in [4.78, 5) is 7.83. The number of nitrogens with zero attached hydrogens (tertiary/aromatic N) is 3. The Labute approximate surface area is 150 Å². The van der Waals surface area contributed by atoms with Gasteiger partial charge in [0.15, 0.2) is 0 Å². The van der Waals surface area contributed by atoms with Gasteiger partial charge in [-0.15, -0.1) is 0 Å². The molecule has 0 amide bonds. The normalized spacial score (nSPS) is 18.0. The Bertz CT molecular complexity index is 564. The van der Waals surface area contributed by atoms with Crippen LogP contribution < -0.4 is 4.90 Å². The summed E-state index contributed by atoms with van der Waals surface area (Å²) in [6, 6.07) is 0.906. The first-order valence-corrected chi connectivity index (χ1v) is 8.54. The number of anilines is 1. The van der Waals surface area contributed by atoms with Crippen LogP contribution in [0, 0.1) is 0 Å². The number of aliphatic hydroxyl groups is 1. The van der Waals surface area contributed by atoms with E-state index in [-0.39, 0.29) is 17.7 Å². The van der Waals surface area contributed by atoms with Crippen molar-refractivity contribution in [3.8, 4) is 0 Å². The minimum atomic E-state index is -4.46. The first-order chi connectivity index (χ1) is 11.7. The smallest absolute Gasteiger partial charge is 0.389 e. The molecule has 0 spiro atoms. The van der Waals surface area contributed by atoms with Gasteiger partial charge in [-0.3, -0.25) is 4.90 Å². The van der Waals surface area contributed by atoms with Crippen LogP contribution in [0.3, 0.4) is 0 Å². The number of aliphatic hydroxyl groups excluding tert-OH is 1. The van der Waals surface area contributed by atoms with Gasteiger partial charge >= 0.3 is 6.18 Å². The number of hydrogen-bond acceptors (Lipinski definition) is 5. The van der Waals surface area contributed by atoms with Crippen molar-refractivity contribution in [1.82, 2.24) is 9.88 Å². The van der Waals surface area contributed by atoms with E-state index in [1.165, 1.54) is 0 Å². The van der Waals surface area contributed by atoms with Crippen LogP contribution in [0.25, 0.3) is 0 Å². The van der Waals surface area contributed by atoms with Crippen molar-refractivity contribution in [2.45, 2.75) is 32.2 Å². The van der Waals surface area contributed by atoms with Crippen molar-refractivity contribution < 1.29 is 23.0 Å². The van der Waals surface area contributed by atoms with E-state index in [1.807, 2.05) is 18.7 Å². The predicted octanol–water partition coefficient (Wildman–Crippen LogP) is 2.66. The minimum Gasteiger partial charge on any atom is -0.389 e. The fraction of sp³-hybridized carbons (Fsp3) is 0.688. The molecule has 9 heteroatoms. The Morgan fingerprint density at radius 2 is 1.92 bits per heavy atom. The van der Waals surface area contributed by atoms with Gasteiger partial charge in [-0.25, -0.2) is 4.98 Å². The minimum absolute atomic E-state index is 0.00589.